The van der Waals surface area contributed by atoms with Crippen LogP contribution < -0.4 is 5.32 Å². The minimum Gasteiger partial charge on any atom is -0.392 e. The molecule has 0 unspecified atom stereocenters. The van der Waals surface area contributed by atoms with Gasteiger partial charge in [0, 0.05) is 16.1 Å². The van der Waals surface area contributed by atoms with E-state index in [4.69, 9.17) is 0 Å². The summed E-state index contributed by atoms with van der Waals surface area (Å²) in [5.41, 5.74) is 2.99. The van der Waals surface area contributed by atoms with Crippen LogP contribution in [-0.2, 0) is 13.2 Å². The Morgan fingerprint density at radius 2 is 2.06 bits per heavy atom. The molecule has 0 fully saturated rings. The number of nitrogens with zero attached hydrogens (tertiary/aromatic N) is 1. The van der Waals surface area contributed by atoms with E-state index in [2.05, 4.69) is 10.3 Å². The molecular weight excluding hydrogens is 232 g/mol. The molecule has 2 N–H and O–H groups in total. The molecule has 0 aliphatic rings. The molecule has 0 saturated heterocycles. The van der Waals surface area contributed by atoms with E-state index in [1.165, 1.54) is 4.88 Å². The highest BCUT2D eigenvalue weighted by atomic mass is 32.1. The summed E-state index contributed by atoms with van der Waals surface area (Å²) in [6.07, 6.45) is 0. The first-order valence-corrected chi connectivity index (χ1v) is 6.38. The van der Waals surface area contributed by atoms with Crippen LogP contribution in [0.3, 0.4) is 0 Å². The Morgan fingerprint density at radius 3 is 2.71 bits per heavy atom. The molecule has 17 heavy (non-hydrogen) atoms. The van der Waals surface area contributed by atoms with Gasteiger partial charge in [0.25, 0.3) is 0 Å². The normalized spacial score (nSPS) is 10.5. The van der Waals surface area contributed by atoms with Gasteiger partial charge in [0.15, 0.2) is 0 Å². The number of benzene rings is 1. The molecule has 0 saturated carbocycles. The number of hydrogen-bond donors (Lipinski definition) is 2. The number of hydrogen-bond acceptors (Lipinski definition) is 4. The third-order valence-electron chi connectivity index (χ3n) is 2.63. The molecule has 0 amide bonds. The zero-order valence-electron chi connectivity index (χ0n) is 10.0. The maximum atomic E-state index is 9.22. The van der Waals surface area contributed by atoms with Crippen molar-refractivity contribution in [2.75, 3.05) is 5.32 Å². The lowest BCUT2D eigenvalue weighted by molar-refractivity contribution is 0.282. The Morgan fingerprint density at radius 1 is 1.29 bits per heavy atom. The van der Waals surface area contributed by atoms with E-state index < -0.39 is 0 Å². The van der Waals surface area contributed by atoms with Gasteiger partial charge in [-0.15, -0.1) is 11.3 Å². The highest BCUT2D eigenvalue weighted by molar-refractivity contribution is 7.11. The molecule has 2 aromatic rings. The van der Waals surface area contributed by atoms with E-state index in [-0.39, 0.29) is 6.61 Å². The molecular formula is C13H16N2OS. The first-order valence-electron chi connectivity index (χ1n) is 5.56. The van der Waals surface area contributed by atoms with Crippen LogP contribution in [0, 0.1) is 13.8 Å². The molecule has 90 valence electrons. The summed E-state index contributed by atoms with van der Waals surface area (Å²) >= 11 is 1.71. The molecule has 0 atom stereocenters. The highest BCUT2D eigenvalue weighted by Crippen LogP contribution is 2.20. The number of aliphatic hydroxyl groups is 1. The third-order valence-corrected chi connectivity index (χ3v) is 3.70. The van der Waals surface area contributed by atoms with E-state index >= 15 is 0 Å². The van der Waals surface area contributed by atoms with Crippen LogP contribution in [0.15, 0.2) is 24.3 Å². The lowest BCUT2D eigenvalue weighted by atomic mass is 10.2. The number of nitrogens with one attached hydrogen (secondary N) is 1. The smallest absolute Gasteiger partial charge is 0.0900 e. The Balaban J connectivity index is 2.09. The standard InChI is InChI=1S/C13H16N2OS/c1-9-13(17-10(2)15-9)7-14-12-6-4-3-5-11(12)8-16/h3-6,14,16H,7-8H2,1-2H3. The van der Waals surface area contributed by atoms with Crippen molar-refractivity contribution in [3.8, 4) is 0 Å². The molecule has 3 nitrogen and oxygen atoms in total. The van der Waals surface area contributed by atoms with Crippen molar-refractivity contribution in [3.63, 3.8) is 0 Å². The average Bonchev–Trinajstić information content (AvgIpc) is 2.65. The van der Waals surface area contributed by atoms with Crippen LogP contribution in [-0.4, -0.2) is 10.1 Å². The Hall–Kier alpha value is -1.39. The quantitative estimate of drug-likeness (QED) is 0.874. The molecule has 0 bridgehead atoms. The average molecular weight is 248 g/mol. The topological polar surface area (TPSA) is 45.2 Å². The van der Waals surface area contributed by atoms with Crippen molar-refractivity contribution in [1.29, 1.82) is 0 Å². The van der Waals surface area contributed by atoms with Crippen LogP contribution in [0.5, 0.6) is 0 Å². The van der Waals surface area contributed by atoms with Crippen molar-refractivity contribution in [2.24, 2.45) is 0 Å². The molecule has 2 rings (SSSR count). The van der Waals surface area contributed by atoms with Gasteiger partial charge in [0.1, 0.15) is 0 Å². The third kappa shape index (κ3) is 2.84. The summed E-state index contributed by atoms with van der Waals surface area (Å²) in [5.74, 6) is 0. The Kier molecular flexibility index (Phi) is 3.76. The zero-order valence-corrected chi connectivity index (χ0v) is 10.8. The summed E-state index contributed by atoms with van der Waals surface area (Å²) in [5, 5.41) is 13.7. The minimum atomic E-state index is 0.0594. The largest absolute Gasteiger partial charge is 0.392 e. The number of thiazole rings is 1. The number of anilines is 1. The first-order chi connectivity index (χ1) is 8.20. The van der Waals surface area contributed by atoms with Crippen molar-refractivity contribution in [3.05, 3.63) is 45.4 Å². The lowest BCUT2D eigenvalue weighted by Gasteiger charge is -2.09. The zero-order chi connectivity index (χ0) is 12.3. The highest BCUT2D eigenvalue weighted by Gasteiger charge is 2.05. The lowest BCUT2D eigenvalue weighted by Crippen LogP contribution is -2.02. The van der Waals surface area contributed by atoms with Gasteiger partial charge in [-0.3, -0.25) is 0 Å². The Bertz CT molecular complexity index is 508. The predicted molar refractivity (Wildman–Crippen MR) is 71.3 cm³/mol. The summed E-state index contributed by atoms with van der Waals surface area (Å²) in [7, 11) is 0. The van der Waals surface area contributed by atoms with Crippen molar-refractivity contribution in [2.45, 2.75) is 27.0 Å². The van der Waals surface area contributed by atoms with Crippen LogP contribution in [0.25, 0.3) is 0 Å². The fourth-order valence-corrected chi connectivity index (χ4v) is 2.62. The minimum absolute atomic E-state index is 0.0594. The van der Waals surface area contributed by atoms with E-state index in [1.54, 1.807) is 11.3 Å². The predicted octanol–water partition coefficient (Wildman–Crippen LogP) is 2.86. The number of aryl methyl sites for hydroxylation is 2. The molecule has 0 aliphatic carbocycles. The van der Waals surface area contributed by atoms with Crippen LogP contribution in [0.4, 0.5) is 5.69 Å². The first kappa shape index (κ1) is 12.1. The molecule has 4 heteroatoms. The van der Waals surface area contributed by atoms with Gasteiger partial charge in [-0.05, 0) is 19.9 Å². The van der Waals surface area contributed by atoms with E-state index in [1.807, 2.05) is 38.1 Å². The van der Waals surface area contributed by atoms with Crippen LogP contribution in [0.2, 0.25) is 0 Å². The second kappa shape index (κ2) is 5.29. The molecule has 0 spiro atoms. The van der Waals surface area contributed by atoms with E-state index in [0.717, 1.165) is 28.5 Å². The number of aromatic nitrogens is 1. The van der Waals surface area contributed by atoms with E-state index in [9.17, 15) is 5.11 Å². The molecule has 0 radical (unpaired) electrons. The van der Waals surface area contributed by atoms with Crippen LogP contribution >= 0.6 is 11.3 Å². The maximum absolute atomic E-state index is 9.22. The van der Waals surface area contributed by atoms with Gasteiger partial charge in [-0.1, -0.05) is 18.2 Å². The van der Waals surface area contributed by atoms with Gasteiger partial charge in [0.05, 0.1) is 23.9 Å². The molecule has 1 heterocycles. The fourth-order valence-electron chi connectivity index (χ4n) is 1.74. The summed E-state index contributed by atoms with van der Waals surface area (Å²) in [6.45, 7) is 4.86. The van der Waals surface area contributed by atoms with Crippen molar-refractivity contribution < 1.29 is 5.11 Å². The van der Waals surface area contributed by atoms with E-state index in [0.29, 0.717) is 0 Å². The fraction of sp³-hybridized carbons (Fsp3) is 0.308. The molecule has 1 aromatic heterocycles. The van der Waals surface area contributed by atoms with Gasteiger partial charge >= 0.3 is 0 Å². The molecule has 1 aromatic carbocycles. The summed E-state index contributed by atoms with van der Waals surface area (Å²) < 4.78 is 0. The SMILES string of the molecule is Cc1nc(C)c(CNc2ccccc2CO)s1. The van der Waals surface area contributed by atoms with Crippen molar-refractivity contribution in [1.82, 2.24) is 4.98 Å². The summed E-state index contributed by atoms with van der Waals surface area (Å²) in [4.78, 5) is 5.64. The van der Waals surface area contributed by atoms with Gasteiger partial charge in [-0.2, -0.15) is 0 Å². The number of rotatable bonds is 4. The second-order valence-electron chi connectivity index (χ2n) is 3.91. The molecule has 0 aliphatic heterocycles. The number of para-hydroxylation sites is 1. The van der Waals surface area contributed by atoms with Gasteiger partial charge in [0.2, 0.25) is 0 Å². The summed E-state index contributed by atoms with van der Waals surface area (Å²) in [6, 6.07) is 7.80. The Labute approximate surface area is 105 Å². The van der Waals surface area contributed by atoms with Crippen LogP contribution in [0.1, 0.15) is 21.1 Å². The second-order valence-corrected chi connectivity index (χ2v) is 5.20. The van der Waals surface area contributed by atoms with Gasteiger partial charge in [-0.25, -0.2) is 4.98 Å². The monoisotopic (exact) mass is 248 g/mol. The van der Waals surface area contributed by atoms with Crippen molar-refractivity contribution >= 4 is 17.0 Å². The van der Waals surface area contributed by atoms with Gasteiger partial charge < -0.3 is 10.4 Å². The number of aliphatic hydroxyl groups excluding tert-OH is 1. The maximum Gasteiger partial charge on any atom is 0.0900 e.